The van der Waals surface area contributed by atoms with Gasteiger partial charge < -0.3 is 14.7 Å². The number of hydrogen-bond acceptors (Lipinski definition) is 5. The first-order valence-electron chi connectivity index (χ1n) is 8.51. The predicted molar refractivity (Wildman–Crippen MR) is 94.9 cm³/mol. The minimum absolute atomic E-state index is 0.0200. The Bertz CT molecular complexity index is 792. The van der Waals surface area contributed by atoms with Crippen LogP contribution < -0.4 is 0 Å². The van der Waals surface area contributed by atoms with Gasteiger partial charge in [0.2, 0.25) is 5.91 Å². The third-order valence-corrected chi connectivity index (χ3v) is 4.56. The molecular formula is C19H21N3O4. The van der Waals surface area contributed by atoms with Crippen LogP contribution in [0.2, 0.25) is 0 Å². The molecule has 1 aromatic carbocycles. The standard InChI is InChI=1S/C19H21N3O4/c1-26-12-16(23)22-10-2-3-15(11-22)18-17(20-8-9-21-18)13-4-6-14(7-5-13)19(24)25/h4-9,15H,2-3,10-12H2,1H3,(H,24,25). The van der Waals surface area contributed by atoms with Crippen LogP contribution in [0.1, 0.15) is 34.8 Å². The van der Waals surface area contributed by atoms with Gasteiger partial charge in [-0.2, -0.15) is 0 Å². The molecule has 3 rings (SSSR count). The first-order valence-corrected chi connectivity index (χ1v) is 8.51. The van der Waals surface area contributed by atoms with Crippen LogP contribution in [0.5, 0.6) is 0 Å². The zero-order valence-corrected chi connectivity index (χ0v) is 14.6. The van der Waals surface area contributed by atoms with E-state index in [0.717, 1.165) is 36.3 Å². The molecule has 0 spiro atoms. The zero-order valence-electron chi connectivity index (χ0n) is 14.6. The summed E-state index contributed by atoms with van der Waals surface area (Å²) in [6.45, 7) is 1.39. The van der Waals surface area contributed by atoms with Gasteiger partial charge in [0.15, 0.2) is 0 Å². The number of carboxylic acid groups (broad SMARTS) is 1. The Morgan fingerprint density at radius 1 is 1.23 bits per heavy atom. The molecule has 1 saturated heterocycles. The lowest BCUT2D eigenvalue weighted by molar-refractivity contribution is -0.136. The van der Waals surface area contributed by atoms with Gasteiger partial charge in [-0.3, -0.25) is 14.8 Å². The van der Waals surface area contributed by atoms with E-state index in [4.69, 9.17) is 9.84 Å². The third-order valence-electron chi connectivity index (χ3n) is 4.56. The van der Waals surface area contributed by atoms with Crippen molar-refractivity contribution in [3.63, 3.8) is 0 Å². The van der Waals surface area contributed by atoms with E-state index in [1.807, 2.05) is 4.90 Å². The number of likely N-dealkylation sites (tertiary alicyclic amines) is 1. The fourth-order valence-electron chi connectivity index (χ4n) is 3.28. The molecule has 1 aliphatic heterocycles. The van der Waals surface area contributed by atoms with Crippen LogP contribution in [-0.2, 0) is 9.53 Å². The fraction of sp³-hybridized carbons (Fsp3) is 0.368. The molecule has 1 atom stereocenters. The maximum atomic E-state index is 12.1. The van der Waals surface area contributed by atoms with Crippen molar-refractivity contribution in [2.45, 2.75) is 18.8 Å². The van der Waals surface area contributed by atoms with E-state index in [-0.39, 0.29) is 24.0 Å². The van der Waals surface area contributed by atoms with Gasteiger partial charge >= 0.3 is 5.97 Å². The van der Waals surface area contributed by atoms with E-state index in [2.05, 4.69) is 9.97 Å². The Morgan fingerprint density at radius 2 is 1.96 bits per heavy atom. The Labute approximate surface area is 151 Å². The molecule has 1 amide bonds. The number of ether oxygens (including phenoxy) is 1. The summed E-state index contributed by atoms with van der Waals surface area (Å²) in [5, 5.41) is 9.05. The number of aromatic carboxylic acids is 1. The first kappa shape index (κ1) is 18.0. The highest BCUT2D eigenvalue weighted by Gasteiger charge is 2.27. The van der Waals surface area contributed by atoms with Crippen molar-refractivity contribution in [2.75, 3.05) is 26.8 Å². The Hall–Kier alpha value is -2.80. The van der Waals surface area contributed by atoms with Crippen LogP contribution in [0.4, 0.5) is 0 Å². The smallest absolute Gasteiger partial charge is 0.335 e. The number of piperidine rings is 1. The largest absolute Gasteiger partial charge is 0.478 e. The summed E-state index contributed by atoms with van der Waals surface area (Å²) in [4.78, 5) is 34.0. The number of methoxy groups -OCH3 is 1. The van der Waals surface area contributed by atoms with Crippen molar-refractivity contribution >= 4 is 11.9 Å². The Kier molecular flexibility index (Phi) is 5.58. The average Bonchev–Trinajstić information content (AvgIpc) is 2.68. The predicted octanol–water partition coefficient (Wildman–Crippen LogP) is 2.19. The molecule has 136 valence electrons. The molecule has 2 heterocycles. The minimum Gasteiger partial charge on any atom is -0.478 e. The third kappa shape index (κ3) is 3.88. The minimum atomic E-state index is -0.963. The quantitative estimate of drug-likeness (QED) is 0.884. The van der Waals surface area contributed by atoms with E-state index < -0.39 is 5.97 Å². The van der Waals surface area contributed by atoms with Crippen LogP contribution in [0, 0.1) is 0 Å². The monoisotopic (exact) mass is 355 g/mol. The van der Waals surface area contributed by atoms with E-state index in [0.29, 0.717) is 6.54 Å². The van der Waals surface area contributed by atoms with Gasteiger partial charge in [-0.15, -0.1) is 0 Å². The lowest BCUT2D eigenvalue weighted by Crippen LogP contribution is -2.41. The van der Waals surface area contributed by atoms with Gasteiger partial charge in [0.05, 0.1) is 17.0 Å². The van der Waals surface area contributed by atoms with Crippen LogP contribution in [0.25, 0.3) is 11.3 Å². The number of carbonyl (C=O) groups is 2. The van der Waals surface area contributed by atoms with Crippen LogP contribution in [0.3, 0.4) is 0 Å². The van der Waals surface area contributed by atoms with Crippen LogP contribution in [0.15, 0.2) is 36.7 Å². The number of carbonyl (C=O) groups excluding carboxylic acids is 1. The number of nitrogens with zero attached hydrogens (tertiary/aromatic N) is 3. The summed E-state index contributed by atoms with van der Waals surface area (Å²) in [6.07, 6.45) is 5.10. The van der Waals surface area contributed by atoms with Gasteiger partial charge in [-0.05, 0) is 25.0 Å². The van der Waals surface area contributed by atoms with Crippen LogP contribution in [-0.4, -0.2) is 58.7 Å². The van der Waals surface area contributed by atoms with Crippen molar-refractivity contribution in [2.24, 2.45) is 0 Å². The molecule has 1 unspecified atom stereocenters. The Morgan fingerprint density at radius 3 is 2.65 bits per heavy atom. The summed E-state index contributed by atoms with van der Waals surface area (Å²) in [5.74, 6) is -0.892. The number of benzene rings is 1. The molecule has 0 radical (unpaired) electrons. The van der Waals surface area contributed by atoms with Gasteiger partial charge in [-0.1, -0.05) is 12.1 Å². The van der Waals surface area contributed by atoms with Gasteiger partial charge in [0.1, 0.15) is 6.61 Å². The summed E-state index contributed by atoms with van der Waals surface area (Å²) in [7, 11) is 1.51. The SMILES string of the molecule is COCC(=O)N1CCCC(c2nccnc2-c2ccc(C(=O)O)cc2)C1. The molecule has 26 heavy (non-hydrogen) atoms. The maximum absolute atomic E-state index is 12.1. The second-order valence-corrected chi connectivity index (χ2v) is 6.28. The molecule has 7 nitrogen and oxygen atoms in total. The van der Waals surface area contributed by atoms with Crippen molar-refractivity contribution in [3.05, 3.63) is 47.9 Å². The highest BCUT2D eigenvalue weighted by Crippen LogP contribution is 2.31. The Balaban J connectivity index is 1.87. The zero-order chi connectivity index (χ0) is 18.5. The molecule has 1 aliphatic rings. The maximum Gasteiger partial charge on any atom is 0.335 e. The molecule has 7 heteroatoms. The normalized spacial score (nSPS) is 17.1. The number of aromatic nitrogens is 2. The highest BCUT2D eigenvalue weighted by molar-refractivity contribution is 5.88. The van der Waals surface area contributed by atoms with Gasteiger partial charge in [0, 0.05) is 44.1 Å². The van der Waals surface area contributed by atoms with Crippen molar-refractivity contribution in [1.29, 1.82) is 0 Å². The number of carboxylic acids is 1. The molecule has 0 aliphatic carbocycles. The second-order valence-electron chi connectivity index (χ2n) is 6.28. The van der Waals surface area contributed by atoms with E-state index in [1.54, 1.807) is 36.7 Å². The molecule has 2 aromatic rings. The number of rotatable bonds is 5. The number of hydrogen-bond donors (Lipinski definition) is 1. The van der Waals surface area contributed by atoms with E-state index in [9.17, 15) is 9.59 Å². The van der Waals surface area contributed by atoms with E-state index >= 15 is 0 Å². The molecule has 0 saturated carbocycles. The lowest BCUT2D eigenvalue weighted by Gasteiger charge is -2.33. The summed E-state index contributed by atoms with van der Waals surface area (Å²) in [6, 6.07) is 6.61. The molecule has 1 aromatic heterocycles. The topological polar surface area (TPSA) is 92.6 Å². The van der Waals surface area contributed by atoms with Gasteiger partial charge in [0.25, 0.3) is 0 Å². The molecule has 1 fully saturated rings. The van der Waals surface area contributed by atoms with Gasteiger partial charge in [-0.25, -0.2) is 4.79 Å². The van der Waals surface area contributed by atoms with Crippen molar-refractivity contribution in [3.8, 4) is 11.3 Å². The van der Waals surface area contributed by atoms with Crippen molar-refractivity contribution in [1.82, 2.24) is 14.9 Å². The highest BCUT2D eigenvalue weighted by atomic mass is 16.5. The van der Waals surface area contributed by atoms with E-state index in [1.165, 1.54) is 7.11 Å². The molecule has 1 N–H and O–H groups in total. The first-order chi connectivity index (χ1) is 12.6. The van der Waals surface area contributed by atoms with Crippen LogP contribution >= 0.6 is 0 Å². The summed E-state index contributed by atoms with van der Waals surface area (Å²) < 4.78 is 4.95. The summed E-state index contributed by atoms with van der Waals surface area (Å²) in [5.41, 5.74) is 2.62. The summed E-state index contributed by atoms with van der Waals surface area (Å²) >= 11 is 0. The lowest BCUT2D eigenvalue weighted by atomic mass is 9.91. The fourth-order valence-corrected chi connectivity index (χ4v) is 3.28. The average molecular weight is 355 g/mol. The second kappa shape index (κ2) is 8.05. The molecule has 0 bridgehead atoms. The van der Waals surface area contributed by atoms with Crippen molar-refractivity contribution < 1.29 is 19.4 Å². The number of amides is 1. The molecular weight excluding hydrogens is 334 g/mol.